The Kier molecular flexibility index (Phi) is 18.0. The van der Waals surface area contributed by atoms with Crippen LogP contribution in [0.4, 0.5) is 0 Å². The molecule has 5 nitrogen and oxygen atoms in total. The van der Waals surface area contributed by atoms with Gasteiger partial charge in [-0.3, -0.25) is 0 Å². The first kappa shape index (κ1) is 22.8. The van der Waals surface area contributed by atoms with E-state index >= 15 is 0 Å². The molecule has 0 aromatic carbocycles. The summed E-state index contributed by atoms with van der Waals surface area (Å²) in [5.41, 5.74) is 1.07. The average molecular weight is 353 g/mol. The first-order chi connectivity index (χ1) is 10.9. The molecule has 0 N–H and O–H groups in total. The molecule has 23 heavy (non-hydrogen) atoms. The van der Waals surface area contributed by atoms with Crippen molar-refractivity contribution in [2.45, 2.75) is 51.9 Å². The minimum Gasteiger partial charge on any atom is -0.662 e. The van der Waals surface area contributed by atoms with Gasteiger partial charge >= 0.3 is 21.7 Å². The summed E-state index contributed by atoms with van der Waals surface area (Å²) in [6.45, 7) is 8.81. The number of aromatic nitrogens is 2. The van der Waals surface area contributed by atoms with Crippen LogP contribution < -0.4 is 5.10 Å². The summed E-state index contributed by atoms with van der Waals surface area (Å²) in [6.07, 6.45) is 10.7. The monoisotopic (exact) mass is 353 g/mol. The smallest absolute Gasteiger partial charge is 0.662 e. The van der Waals surface area contributed by atoms with E-state index in [-0.39, 0.29) is 21.7 Å². The van der Waals surface area contributed by atoms with Gasteiger partial charge in [-0.05, 0) is 6.42 Å². The van der Waals surface area contributed by atoms with Crippen molar-refractivity contribution in [3.63, 3.8) is 0 Å². The molecule has 0 radical (unpaired) electrons. The zero-order chi connectivity index (χ0) is 15.7. The van der Waals surface area contributed by atoms with Crippen LogP contribution in [0, 0.1) is 0 Å². The van der Waals surface area contributed by atoms with Gasteiger partial charge in [-0.25, -0.2) is 0 Å². The van der Waals surface area contributed by atoms with E-state index < -0.39 is 0 Å². The van der Waals surface area contributed by atoms with Crippen LogP contribution in [-0.4, -0.2) is 44.4 Å². The van der Waals surface area contributed by atoms with Gasteiger partial charge in [0, 0.05) is 5.69 Å². The maximum atomic E-state index is 4.08. The van der Waals surface area contributed by atoms with Crippen LogP contribution in [0.1, 0.15) is 51.1 Å². The summed E-state index contributed by atoms with van der Waals surface area (Å²) in [6, 6.07) is 1.92. The van der Waals surface area contributed by atoms with Crippen LogP contribution in [0.3, 0.4) is 0 Å². The summed E-state index contributed by atoms with van der Waals surface area (Å²) in [4.78, 5) is 0. The standard InChI is InChI=1S/C5H7N2.3C4H8N.Ti/c1-2-5-3-4-6-7-5;3*1-2-4-5-3-1;/h3-4H,2H2,1H3;3*1-4H2;/q4*-1;+4. The number of nitrogens with zero attached hydrogens (tertiary/aromatic N) is 5. The third-order valence-electron chi connectivity index (χ3n) is 3.53. The van der Waals surface area contributed by atoms with Crippen LogP contribution in [0.5, 0.6) is 0 Å². The van der Waals surface area contributed by atoms with E-state index in [1.165, 1.54) is 38.5 Å². The van der Waals surface area contributed by atoms with E-state index in [2.05, 4.69) is 33.1 Å². The van der Waals surface area contributed by atoms with Crippen LogP contribution in [0.2, 0.25) is 0 Å². The molecule has 128 valence electrons. The van der Waals surface area contributed by atoms with Gasteiger partial charge in [-0.2, -0.15) is 6.20 Å². The second-order valence-electron chi connectivity index (χ2n) is 5.51. The largest absolute Gasteiger partial charge is 4.00 e. The quantitative estimate of drug-likeness (QED) is 0.715. The predicted octanol–water partition coefficient (Wildman–Crippen LogP) is 4.06. The normalized spacial score (nSPS) is 18.5. The van der Waals surface area contributed by atoms with Crippen molar-refractivity contribution >= 4 is 0 Å². The maximum absolute atomic E-state index is 4.08. The molecule has 0 amide bonds. The summed E-state index contributed by atoms with van der Waals surface area (Å²) < 4.78 is 0. The van der Waals surface area contributed by atoms with Crippen molar-refractivity contribution in [2.75, 3.05) is 39.3 Å². The molecule has 0 spiro atoms. The van der Waals surface area contributed by atoms with Crippen molar-refractivity contribution in [1.29, 1.82) is 0 Å². The number of hydrogen-bond acceptors (Lipinski definition) is 1. The fraction of sp³-hybridized carbons (Fsp3) is 0.824. The summed E-state index contributed by atoms with van der Waals surface area (Å²) in [5.74, 6) is 0. The molecule has 6 heteroatoms. The molecule has 0 bridgehead atoms. The molecule has 1 aromatic rings. The Morgan fingerprint density at radius 1 is 0.783 bits per heavy atom. The van der Waals surface area contributed by atoms with E-state index in [0.717, 1.165) is 51.4 Å². The van der Waals surface area contributed by atoms with Gasteiger partial charge in [-0.15, -0.1) is 39.3 Å². The Hall–Kier alpha value is -0.196. The van der Waals surface area contributed by atoms with Crippen LogP contribution in [-0.2, 0) is 28.1 Å². The van der Waals surface area contributed by atoms with Crippen LogP contribution in [0.25, 0.3) is 16.0 Å². The van der Waals surface area contributed by atoms with Crippen molar-refractivity contribution in [2.24, 2.45) is 0 Å². The van der Waals surface area contributed by atoms with E-state index in [1.807, 2.05) is 6.07 Å². The fourth-order valence-electron chi connectivity index (χ4n) is 2.13. The summed E-state index contributed by atoms with van der Waals surface area (Å²) in [5, 5.41) is 19.7. The Balaban J connectivity index is 0.000000280. The van der Waals surface area contributed by atoms with Crippen molar-refractivity contribution < 1.29 is 21.7 Å². The Morgan fingerprint density at radius 2 is 1.17 bits per heavy atom. The van der Waals surface area contributed by atoms with Crippen molar-refractivity contribution in [3.05, 3.63) is 33.9 Å². The first-order valence-corrected chi connectivity index (χ1v) is 8.76. The van der Waals surface area contributed by atoms with Crippen molar-refractivity contribution in [3.8, 4) is 0 Å². The predicted molar refractivity (Wildman–Crippen MR) is 93.9 cm³/mol. The molecule has 4 heterocycles. The van der Waals surface area contributed by atoms with E-state index in [4.69, 9.17) is 0 Å². The van der Waals surface area contributed by atoms with Crippen LogP contribution in [0.15, 0.2) is 12.3 Å². The molecule has 0 aliphatic carbocycles. The van der Waals surface area contributed by atoms with E-state index in [1.54, 1.807) is 6.20 Å². The van der Waals surface area contributed by atoms with Gasteiger partial charge in [-0.1, -0.05) is 51.5 Å². The van der Waals surface area contributed by atoms with E-state index in [0.29, 0.717) is 0 Å². The SMILES string of the molecule is C1CC[N-]C1.C1CC[N-]C1.C1CC[N-]C1.CCc1cc[n-]n1.[Ti+4]. The van der Waals surface area contributed by atoms with E-state index in [9.17, 15) is 0 Å². The second-order valence-corrected chi connectivity index (χ2v) is 5.51. The number of rotatable bonds is 1. The summed E-state index contributed by atoms with van der Waals surface area (Å²) >= 11 is 0. The first-order valence-electron chi connectivity index (χ1n) is 8.76. The van der Waals surface area contributed by atoms with Gasteiger partial charge in [0.1, 0.15) is 0 Å². The molecule has 3 fully saturated rings. The van der Waals surface area contributed by atoms with Crippen LogP contribution >= 0.6 is 0 Å². The molecular weight excluding hydrogens is 322 g/mol. The fourth-order valence-corrected chi connectivity index (χ4v) is 2.13. The average Bonchev–Trinajstić information content (AvgIpc) is 3.44. The molecule has 3 saturated heterocycles. The Labute approximate surface area is 157 Å². The Morgan fingerprint density at radius 3 is 1.30 bits per heavy atom. The molecule has 0 saturated carbocycles. The van der Waals surface area contributed by atoms with Gasteiger partial charge in [0.25, 0.3) is 0 Å². The van der Waals surface area contributed by atoms with Gasteiger partial charge in [0.2, 0.25) is 0 Å². The third-order valence-corrected chi connectivity index (χ3v) is 3.53. The summed E-state index contributed by atoms with van der Waals surface area (Å²) in [7, 11) is 0. The molecule has 3 aliphatic rings. The number of aryl methyl sites for hydroxylation is 1. The zero-order valence-electron chi connectivity index (χ0n) is 14.6. The minimum absolute atomic E-state index is 0. The number of hydrogen-bond donors (Lipinski definition) is 0. The molecule has 0 unspecified atom stereocenters. The maximum Gasteiger partial charge on any atom is 4.00 e. The van der Waals surface area contributed by atoms with Gasteiger partial charge < -0.3 is 26.1 Å². The Bertz CT molecular complexity index is 260. The minimum atomic E-state index is 0. The molecule has 4 rings (SSSR count). The van der Waals surface area contributed by atoms with Gasteiger partial charge in [0.05, 0.1) is 0 Å². The zero-order valence-corrected chi connectivity index (χ0v) is 16.1. The molecule has 3 aliphatic heterocycles. The van der Waals surface area contributed by atoms with Gasteiger partial charge in [0.15, 0.2) is 0 Å². The van der Waals surface area contributed by atoms with Crippen molar-refractivity contribution in [1.82, 2.24) is 10.2 Å². The molecule has 0 atom stereocenters. The molecule has 1 aromatic heterocycles. The molecular formula is C17H31N5Ti. The topological polar surface area (TPSA) is 69.3 Å². The second kappa shape index (κ2) is 18.1. The third kappa shape index (κ3) is 15.1.